The van der Waals surface area contributed by atoms with Gasteiger partial charge in [-0.3, -0.25) is 9.36 Å². The van der Waals surface area contributed by atoms with Gasteiger partial charge < -0.3 is 4.90 Å². The van der Waals surface area contributed by atoms with Gasteiger partial charge in [0.25, 0.3) is 0 Å². The number of aromatic nitrogens is 3. The zero-order valence-corrected chi connectivity index (χ0v) is 22.2. The lowest BCUT2D eigenvalue weighted by atomic mass is 10.1. The molecule has 1 saturated heterocycles. The summed E-state index contributed by atoms with van der Waals surface area (Å²) in [7, 11) is -0.589. The van der Waals surface area contributed by atoms with Gasteiger partial charge in [0.15, 0.2) is 11.0 Å². The summed E-state index contributed by atoms with van der Waals surface area (Å²) in [6, 6.07) is 12.8. The van der Waals surface area contributed by atoms with E-state index in [9.17, 15) is 13.2 Å². The lowest BCUT2D eigenvalue weighted by Gasteiger charge is -2.26. The van der Waals surface area contributed by atoms with Crippen molar-refractivity contribution in [2.45, 2.75) is 43.2 Å². The standard InChI is InChI=1S/C25H31N5O3S2/c1-18-10-8-11-19(2)23(18)30-24(20-12-9-13-21(16-20)35(32,33)28(3)4)26-27-25(30)34-17-22(31)29-14-6-5-7-15-29/h8-13,16H,5-7,14-15,17H2,1-4H3. The second-order valence-corrected chi connectivity index (χ2v) is 12.0. The number of sulfonamides is 1. The predicted molar refractivity (Wildman–Crippen MR) is 138 cm³/mol. The van der Waals surface area contributed by atoms with Crippen LogP contribution in [0.4, 0.5) is 0 Å². The topological polar surface area (TPSA) is 88.4 Å². The van der Waals surface area contributed by atoms with Crippen molar-refractivity contribution < 1.29 is 13.2 Å². The Balaban J connectivity index is 1.76. The first-order valence-electron chi connectivity index (χ1n) is 11.7. The molecule has 2 aromatic carbocycles. The van der Waals surface area contributed by atoms with Crippen molar-refractivity contribution >= 4 is 27.7 Å². The summed E-state index contributed by atoms with van der Waals surface area (Å²) in [5, 5.41) is 9.50. The van der Waals surface area contributed by atoms with Crippen LogP contribution in [0.2, 0.25) is 0 Å². The molecule has 10 heteroatoms. The highest BCUT2D eigenvalue weighted by atomic mass is 32.2. The summed E-state index contributed by atoms with van der Waals surface area (Å²) in [4.78, 5) is 14.9. The molecule has 1 aliphatic heterocycles. The molecule has 0 bridgehead atoms. The average Bonchev–Trinajstić information content (AvgIpc) is 3.26. The van der Waals surface area contributed by atoms with E-state index in [1.807, 2.05) is 47.6 Å². The molecule has 8 nitrogen and oxygen atoms in total. The molecule has 0 unspecified atom stereocenters. The molecule has 1 aromatic heterocycles. The smallest absolute Gasteiger partial charge is 0.242 e. The molecular formula is C25H31N5O3S2. The molecule has 0 radical (unpaired) electrons. The Kier molecular flexibility index (Phi) is 7.63. The third kappa shape index (κ3) is 5.29. The van der Waals surface area contributed by atoms with E-state index < -0.39 is 10.0 Å². The molecule has 35 heavy (non-hydrogen) atoms. The van der Waals surface area contributed by atoms with Crippen LogP contribution in [-0.2, 0) is 14.8 Å². The number of thioether (sulfide) groups is 1. The van der Waals surface area contributed by atoms with E-state index >= 15 is 0 Å². The molecule has 4 rings (SSSR count). The van der Waals surface area contributed by atoms with Gasteiger partial charge in [-0.2, -0.15) is 0 Å². The predicted octanol–water partition coefficient (Wildman–Crippen LogP) is 3.91. The maximum absolute atomic E-state index is 12.8. The minimum absolute atomic E-state index is 0.103. The number of nitrogens with zero attached hydrogens (tertiary/aromatic N) is 5. The second kappa shape index (κ2) is 10.5. The van der Waals surface area contributed by atoms with Crippen LogP contribution in [0.1, 0.15) is 30.4 Å². The molecule has 0 spiro atoms. The summed E-state index contributed by atoms with van der Waals surface area (Å²) in [6.45, 7) is 5.65. The first kappa shape index (κ1) is 25.4. The van der Waals surface area contributed by atoms with E-state index in [4.69, 9.17) is 0 Å². The highest BCUT2D eigenvalue weighted by Crippen LogP contribution is 2.32. The minimum Gasteiger partial charge on any atom is -0.342 e. The Hall–Kier alpha value is -2.69. The SMILES string of the molecule is Cc1cccc(C)c1-n1c(SCC(=O)N2CCCCC2)nnc1-c1cccc(S(=O)(=O)N(C)C)c1. The van der Waals surface area contributed by atoms with Crippen LogP contribution in [0.15, 0.2) is 52.5 Å². The number of amides is 1. The number of rotatable bonds is 7. The highest BCUT2D eigenvalue weighted by Gasteiger charge is 2.24. The molecule has 0 atom stereocenters. The van der Waals surface area contributed by atoms with Crippen LogP contribution in [0.3, 0.4) is 0 Å². The maximum atomic E-state index is 12.8. The fourth-order valence-corrected chi connectivity index (χ4v) is 6.07. The summed E-state index contributed by atoms with van der Waals surface area (Å²) in [6.07, 6.45) is 3.26. The zero-order chi connectivity index (χ0) is 25.2. The maximum Gasteiger partial charge on any atom is 0.242 e. The fourth-order valence-electron chi connectivity index (χ4n) is 4.28. The van der Waals surface area contributed by atoms with Crippen molar-refractivity contribution in [1.29, 1.82) is 0 Å². The zero-order valence-electron chi connectivity index (χ0n) is 20.6. The molecule has 2 heterocycles. The van der Waals surface area contributed by atoms with Crippen LogP contribution < -0.4 is 0 Å². The molecule has 186 valence electrons. The molecule has 0 N–H and O–H groups in total. The molecule has 1 amide bonds. The summed E-state index contributed by atoms with van der Waals surface area (Å²) in [5.41, 5.74) is 3.64. The molecule has 0 saturated carbocycles. The van der Waals surface area contributed by atoms with Gasteiger partial charge in [-0.15, -0.1) is 10.2 Å². The summed E-state index contributed by atoms with van der Waals surface area (Å²) in [5.74, 6) is 0.912. The number of para-hydroxylation sites is 1. The van der Waals surface area contributed by atoms with E-state index in [0.29, 0.717) is 16.5 Å². The van der Waals surface area contributed by atoms with Gasteiger partial charge in [0.05, 0.1) is 16.3 Å². The largest absolute Gasteiger partial charge is 0.342 e. The Morgan fingerprint density at radius 3 is 2.31 bits per heavy atom. The van der Waals surface area contributed by atoms with Gasteiger partial charge in [-0.05, 0) is 56.4 Å². The van der Waals surface area contributed by atoms with Crippen molar-refractivity contribution in [1.82, 2.24) is 24.0 Å². The molecular weight excluding hydrogens is 482 g/mol. The Morgan fingerprint density at radius 1 is 1.00 bits per heavy atom. The van der Waals surface area contributed by atoms with Crippen LogP contribution in [0.25, 0.3) is 17.1 Å². The lowest BCUT2D eigenvalue weighted by molar-refractivity contribution is -0.129. The first-order chi connectivity index (χ1) is 16.7. The van der Waals surface area contributed by atoms with Gasteiger partial charge in [0.2, 0.25) is 15.9 Å². The van der Waals surface area contributed by atoms with Crippen LogP contribution in [0, 0.1) is 13.8 Å². The third-order valence-corrected chi connectivity index (χ3v) is 8.93. The van der Waals surface area contributed by atoms with E-state index in [1.54, 1.807) is 18.2 Å². The monoisotopic (exact) mass is 513 g/mol. The van der Waals surface area contributed by atoms with Gasteiger partial charge in [0.1, 0.15) is 0 Å². The van der Waals surface area contributed by atoms with Crippen LogP contribution in [0.5, 0.6) is 0 Å². The average molecular weight is 514 g/mol. The highest BCUT2D eigenvalue weighted by molar-refractivity contribution is 7.99. The Labute approximate surface area is 211 Å². The van der Waals surface area contributed by atoms with Gasteiger partial charge in [0, 0.05) is 32.7 Å². The van der Waals surface area contributed by atoms with Gasteiger partial charge >= 0.3 is 0 Å². The number of carbonyl (C=O) groups excluding carboxylic acids is 1. The molecule has 3 aromatic rings. The van der Waals surface area contributed by atoms with Crippen LogP contribution >= 0.6 is 11.8 Å². The van der Waals surface area contributed by atoms with Crippen LogP contribution in [-0.4, -0.2) is 71.2 Å². The molecule has 1 fully saturated rings. The number of carbonyl (C=O) groups is 1. The first-order valence-corrected chi connectivity index (χ1v) is 14.1. The van der Waals surface area contributed by atoms with E-state index in [2.05, 4.69) is 10.2 Å². The number of benzene rings is 2. The van der Waals surface area contributed by atoms with Crippen molar-refractivity contribution in [2.24, 2.45) is 0 Å². The quantitative estimate of drug-likeness (QED) is 0.445. The molecule has 1 aliphatic rings. The van der Waals surface area contributed by atoms with Gasteiger partial charge in [-0.1, -0.05) is 42.1 Å². The Bertz CT molecular complexity index is 1310. The number of hydrogen-bond acceptors (Lipinski definition) is 6. The van der Waals surface area contributed by atoms with Gasteiger partial charge in [-0.25, -0.2) is 12.7 Å². The minimum atomic E-state index is -3.61. The van der Waals surface area contributed by atoms with E-state index in [-0.39, 0.29) is 16.6 Å². The normalized spacial score (nSPS) is 14.5. The number of hydrogen-bond donors (Lipinski definition) is 0. The van der Waals surface area contributed by atoms with Crippen molar-refractivity contribution in [2.75, 3.05) is 32.9 Å². The van der Waals surface area contributed by atoms with E-state index in [1.165, 1.54) is 36.6 Å². The summed E-state index contributed by atoms with van der Waals surface area (Å²) < 4.78 is 28.6. The third-order valence-electron chi connectivity index (χ3n) is 6.20. The second-order valence-electron chi connectivity index (χ2n) is 8.93. The number of likely N-dealkylation sites (tertiary alicyclic amines) is 1. The molecule has 0 aliphatic carbocycles. The Morgan fingerprint density at radius 2 is 1.66 bits per heavy atom. The van der Waals surface area contributed by atoms with Crippen molar-refractivity contribution in [3.63, 3.8) is 0 Å². The number of aryl methyl sites for hydroxylation is 2. The summed E-state index contributed by atoms with van der Waals surface area (Å²) >= 11 is 1.36. The lowest BCUT2D eigenvalue weighted by Crippen LogP contribution is -2.36. The number of piperidine rings is 1. The fraction of sp³-hybridized carbons (Fsp3) is 0.400. The van der Waals surface area contributed by atoms with Crippen molar-refractivity contribution in [3.05, 3.63) is 53.6 Å². The van der Waals surface area contributed by atoms with E-state index in [0.717, 1.165) is 42.7 Å². The van der Waals surface area contributed by atoms with Crippen molar-refractivity contribution in [3.8, 4) is 17.1 Å².